The summed E-state index contributed by atoms with van der Waals surface area (Å²) in [5.74, 6) is -0.514. The predicted octanol–water partition coefficient (Wildman–Crippen LogP) is 4.06. The van der Waals surface area contributed by atoms with Gasteiger partial charge in [-0.25, -0.2) is 4.68 Å². The fraction of sp³-hybridized carbons (Fsp3) is 0.438. The number of hydrogen-bond acceptors (Lipinski definition) is 9. The molecule has 2 heterocycles. The number of nitrogens with one attached hydrogen (secondary N) is 1. The Morgan fingerprint density at radius 2 is 1.80 bits per heavy atom. The van der Waals surface area contributed by atoms with Gasteiger partial charge in [0.2, 0.25) is 0 Å². The largest absolute Gasteiger partial charge is 0.493 e. The van der Waals surface area contributed by atoms with Crippen molar-refractivity contribution in [1.29, 1.82) is 0 Å². The van der Waals surface area contributed by atoms with Crippen LogP contribution >= 0.6 is 11.6 Å². The first-order valence-electron chi connectivity index (χ1n) is 14.4. The Hall–Kier alpha value is -4.29. The van der Waals surface area contributed by atoms with Crippen LogP contribution in [-0.4, -0.2) is 67.7 Å². The second kappa shape index (κ2) is 14.2. The van der Waals surface area contributed by atoms with E-state index in [0.29, 0.717) is 39.0 Å². The minimum Gasteiger partial charge on any atom is -0.493 e. The molecule has 13 heteroatoms. The van der Waals surface area contributed by atoms with Gasteiger partial charge in [0, 0.05) is 58.9 Å². The number of amides is 1. The molecule has 1 aromatic heterocycles. The summed E-state index contributed by atoms with van der Waals surface area (Å²) in [4.78, 5) is 52.4. The molecule has 0 aliphatic carbocycles. The number of nitrogens with zero attached hydrogens (tertiary/aromatic N) is 2. The Labute approximate surface area is 266 Å². The van der Waals surface area contributed by atoms with Crippen LogP contribution in [0.25, 0.3) is 0 Å². The normalized spacial score (nSPS) is 16.5. The number of aromatic amines is 1. The van der Waals surface area contributed by atoms with Crippen molar-refractivity contribution in [3.63, 3.8) is 0 Å². The van der Waals surface area contributed by atoms with Crippen LogP contribution in [0.2, 0.25) is 5.02 Å². The molecule has 0 fully saturated rings. The van der Waals surface area contributed by atoms with Gasteiger partial charge < -0.3 is 28.6 Å². The maximum Gasteiger partial charge on any atom is 0.327 e. The Morgan fingerprint density at radius 3 is 2.47 bits per heavy atom. The number of rotatable bonds is 12. The van der Waals surface area contributed by atoms with Gasteiger partial charge in [-0.05, 0) is 31.2 Å². The van der Waals surface area contributed by atoms with Gasteiger partial charge in [-0.3, -0.25) is 24.3 Å². The molecule has 12 nitrogen and oxygen atoms in total. The summed E-state index contributed by atoms with van der Waals surface area (Å²) in [6.45, 7) is 6.87. The van der Waals surface area contributed by atoms with Gasteiger partial charge in [0.05, 0.1) is 27.4 Å². The first-order valence-corrected chi connectivity index (χ1v) is 14.8. The van der Waals surface area contributed by atoms with Crippen LogP contribution in [0.3, 0.4) is 0 Å². The lowest BCUT2D eigenvalue weighted by Gasteiger charge is -2.33. The summed E-state index contributed by atoms with van der Waals surface area (Å²) >= 11 is 6.51. The number of ether oxygens (including phenoxy) is 5. The van der Waals surface area contributed by atoms with E-state index in [1.54, 1.807) is 42.2 Å². The molecule has 4 rings (SSSR count). The van der Waals surface area contributed by atoms with E-state index in [2.05, 4.69) is 5.10 Å². The van der Waals surface area contributed by atoms with E-state index in [4.69, 9.17) is 35.3 Å². The predicted molar refractivity (Wildman–Crippen MR) is 166 cm³/mol. The summed E-state index contributed by atoms with van der Waals surface area (Å²) in [5, 5.41) is 3.34. The lowest BCUT2D eigenvalue weighted by atomic mass is 9.92. The number of H-pyrrole nitrogens is 1. The highest BCUT2D eigenvalue weighted by molar-refractivity contribution is 6.30. The molecule has 2 aromatic carbocycles. The van der Waals surface area contributed by atoms with E-state index < -0.39 is 41.0 Å². The van der Waals surface area contributed by atoms with E-state index >= 15 is 0 Å². The van der Waals surface area contributed by atoms with E-state index in [1.807, 2.05) is 19.9 Å². The van der Waals surface area contributed by atoms with Crippen LogP contribution < -0.4 is 19.9 Å². The van der Waals surface area contributed by atoms with Gasteiger partial charge in [-0.15, -0.1) is 0 Å². The number of carbonyl (C=O) groups is 3. The molecule has 242 valence electrons. The third kappa shape index (κ3) is 7.87. The summed E-state index contributed by atoms with van der Waals surface area (Å²) in [6, 6.07) is 11.9. The highest BCUT2D eigenvalue weighted by Gasteiger charge is 2.40. The molecular weight excluding hydrogens is 606 g/mol. The quantitative estimate of drug-likeness (QED) is 0.290. The molecule has 45 heavy (non-hydrogen) atoms. The molecule has 0 unspecified atom stereocenters. The number of hydrogen-bond donors (Lipinski definition) is 1. The smallest absolute Gasteiger partial charge is 0.327 e. The number of fused-ring (bicyclic) bond motifs is 1. The number of para-hydroxylation sites is 1. The molecule has 1 N–H and O–H groups in total. The van der Waals surface area contributed by atoms with Crippen molar-refractivity contribution in [3.05, 3.63) is 74.7 Å². The molecule has 1 aliphatic heterocycles. The summed E-state index contributed by atoms with van der Waals surface area (Å²) in [5.41, 5.74) is 0.995. The van der Waals surface area contributed by atoms with Gasteiger partial charge in [-0.1, -0.05) is 37.6 Å². The number of methoxy groups -OCH3 is 2. The van der Waals surface area contributed by atoms with E-state index in [0.717, 1.165) is 4.68 Å². The van der Waals surface area contributed by atoms with Crippen LogP contribution in [0.5, 0.6) is 11.5 Å². The van der Waals surface area contributed by atoms with Gasteiger partial charge in [0.1, 0.15) is 18.8 Å². The summed E-state index contributed by atoms with van der Waals surface area (Å²) < 4.78 is 29.3. The number of benzene rings is 2. The first-order chi connectivity index (χ1) is 21.4. The zero-order valence-corrected chi connectivity index (χ0v) is 26.9. The molecule has 0 spiro atoms. The van der Waals surface area contributed by atoms with Gasteiger partial charge in [0.25, 0.3) is 11.5 Å². The van der Waals surface area contributed by atoms with E-state index in [-0.39, 0.29) is 32.7 Å². The fourth-order valence-corrected chi connectivity index (χ4v) is 5.42. The molecule has 2 atom stereocenters. The van der Waals surface area contributed by atoms with Crippen molar-refractivity contribution < 1.29 is 38.1 Å². The Morgan fingerprint density at radius 1 is 1.04 bits per heavy atom. The first kappa shape index (κ1) is 33.6. The SMILES string of the molecule is CCOC(=O)Cn1[nH]c(C[C@H]2O[C@H](c3cccc(OC)c3OC)c3cc(Cl)ccc3N(CC(C)(C)COC(C)=O)C2=O)cc1=O. The molecule has 0 bridgehead atoms. The molecule has 0 saturated heterocycles. The van der Waals surface area contributed by atoms with Gasteiger partial charge >= 0.3 is 11.9 Å². The van der Waals surface area contributed by atoms with Crippen LogP contribution in [0.1, 0.15) is 50.6 Å². The Balaban J connectivity index is 1.84. The molecular formula is C32H38ClN3O9. The minimum atomic E-state index is -1.12. The van der Waals surface area contributed by atoms with Crippen LogP contribution in [0.15, 0.2) is 47.3 Å². The Kier molecular flexibility index (Phi) is 10.6. The molecule has 0 saturated carbocycles. The number of anilines is 1. The monoisotopic (exact) mass is 643 g/mol. The average molecular weight is 644 g/mol. The highest BCUT2D eigenvalue weighted by atomic mass is 35.5. The standard InChI is InChI=1S/C32H38ClN3O9/c1-7-43-28(39)16-36-27(38)15-21(34-36)14-26-31(40)35(17-32(3,4)18-44-19(2)37)24-12-11-20(33)13-23(24)29(45-26)22-9-8-10-25(41-5)30(22)42-6/h8-13,15,26,29,34H,7,14,16-18H2,1-6H3/t26-,29-/m1/s1. The number of halogens is 1. The second-order valence-electron chi connectivity index (χ2n) is 11.4. The lowest BCUT2D eigenvalue weighted by Crippen LogP contribution is -2.46. The van der Waals surface area contributed by atoms with Crippen LogP contribution in [-0.2, 0) is 41.6 Å². The molecule has 1 aliphatic rings. The highest BCUT2D eigenvalue weighted by Crippen LogP contribution is 2.45. The molecule has 3 aromatic rings. The van der Waals surface area contributed by atoms with Crippen molar-refractivity contribution in [2.24, 2.45) is 5.41 Å². The minimum absolute atomic E-state index is 0.0325. The molecule has 1 amide bonds. The summed E-state index contributed by atoms with van der Waals surface area (Å²) in [7, 11) is 3.04. The van der Waals surface area contributed by atoms with Crippen LogP contribution in [0.4, 0.5) is 5.69 Å². The third-order valence-electron chi connectivity index (χ3n) is 7.21. The van der Waals surface area contributed by atoms with Crippen molar-refractivity contribution in [2.75, 3.05) is 38.9 Å². The van der Waals surface area contributed by atoms with E-state index in [9.17, 15) is 19.2 Å². The fourth-order valence-electron chi connectivity index (χ4n) is 5.24. The number of esters is 2. The third-order valence-corrected chi connectivity index (χ3v) is 7.45. The zero-order valence-electron chi connectivity index (χ0n) is 26.2. The van der Waals surface area contributed by atoms with Gasteiger partial charge in [0.15, 0.2) is 11.5 Å². The number of aromatic nitrogens is 2. The van der Waals surface area contributed by atoms with Crippen molar-refractivity contribution in [1.82, 2.24) is 9.78 Å². The Bertz CT molecular complexity index is 1610. The molecule has 0 radical (unpaired) electrons. The van der Waals surface area contributed by atoms with Crippen LogP contribution in [0, 0.1) is 5.41 Å². The van der Waals surface area contributed by atoms with Crippen molar-refractivity contribution in [2.45, 2.75) is 52.9 Å². The van der Waals surface area contributed by atoms with E-state index in [1.165, 1.54) is 27.2 Å². The second-order valence-corrected chi connectivity index (χ2v) is 11.8. The van der Waals surface area contributed by atoms with Crippen molar-refractivity contribution in [3.8, 4) is 11.5 Å². The lowest BCUT2D eigenvalue weighted by molar-refractivity contribution is -0.145. The summed E-state index contributed by atoms with van der Waals surface area (Å²) in [6.07, 6.45) is -2.00. The van der Waals surface area contributed by atoms with Gasteiger partial charge in [-0.2, -0.15) is 0 Å². The zero-order chi connectivity index (χ0) is 32.9. The topological polar surface area (TPSA) is 138 Å². The average Bonchev–Trinajstić information content (AvgIpc) is 3.29. The maximum atomic E-state index is 14.5. The van der Waals surface area contributed by atoms with Crippen molar-refractivity contribution >= 4 is 35.1 Å². The maximum absolute atomic E-state index is 14.5. The number of carbonyl (C=O) groups excluding carboxylic acids is 3.